The number of nitrogens with zero attached hydrogens (tertiary/aromatic N) is 3. The van der Waals surface area contributed by atoms with Crippen LogP contribution < -0.4 is 21.3 Å². The minimum absolute atomic E-state index is 0.0416. The van der Waals surface area contributed by atoms with E-state index in [-0.39, 0.29) is 24.3 Å². The summed E-state index contributed by atoms with van der Waals surface area (Å²) in [7, 11) is 1.55. The summed E-state index contributed by atoms with van der Waals surface area (Å²) in [6, 6.07) is 17.7. The molecule has 9 nitrogen and oxygen atoms in total. The molecule has 0 aliphatic rings. The molecule has 0 saturated heterocycles. The van der Waals surface area contributed by atoms with Gasteiger partial charge in [0.1, 0.15) is 18.5 Å². The molecular formula is C25H29N5O4. The maximum Gasteiger partial charge on any atom is 0.329 e. The molecule has 2 heterocycles. The average Bonchev–Trinajstić information content (AvgIpc) is 3.20. The van der Waals surface area contributed by atoms with Crippen molar-refractivity contribution < 1.29 is 9.84 Å². The topological polar surface area (TPSA) is 114 Å². The fourth-order valence-corrected chi connectivity index (χ4v) is 3.82. The molecule has 34 heavy (non-hydrogen) atoms. The smallest absolute Gasteiger partial charge is 0.329 e. The number of aliphatic hydroxyl groups is 1. The summed E-state index contributed by atoms with van der Waals surface area (Å²) >= 11 is 0. The van der Waals surface area contributed by atoms with E-state index in [1.54, 1.807) is 11.6 Å². The predicted octanol–water partition coefficient (Wildman–Crippen LogP) is 2.08. The summed E-state index contributed by atoms with van der Waals surface area (Å²) in [5.41, 5.74) is 1.68. The van der Waals surface area contributed by atoms with Crippen LogP contribution in [0.3, 0.4) is 0 Å². The Hall–Kier alpha value is -3.85. The second-order valence-corrected chi connectivity index (χ2v) is 8.16. The van der Waals surface area contributed by atoms with Crippen molar-refractivity contribution in [3.05, 3.63) is 86.6 Å². The van der Waals surface area contributed by atoms with Crippen molar-refractivity contribution in [1.82, 2.24) is 19.1 Å². The summed E-state index contributed by atoms with van der Waals surface area (Å²) in [5, 5.41) is 14.0. The zero-order chi connectivity index (χ0) is 24.1. The standard InChI is InChI=1S/C25H29N5O4/c1-3-17-10-7-11-20(14-17)34-16-19(31)15-30-21-22(29(2)25(33)28-23(21)32)27-24(30)26-13-12-18-8-5-4-6-9-18/h4-11,14,19,31H,3,12-13,15-16H2,1-2H3,(H,26,27)(H,28,32,33). The number of hydrogen-bond acceptors (Lipinski definition) is 6. The van der Waals surface area contributed by atoms with Crippen LogP contribution in [0, 0.1) is 0 Å². The molecule has 1 unspecified atom stereocenters. The molecular weight excluding hydrogens is 434 g/mol. The molecule has 2 aromatic carbocycles. The van der Waals surface area contributed by atoms with Crippen molar-refractivity contribution in [2.24, 2.45) is 7.05 Å². The highest BCUT2D eigenvalue weighted by atomic mass is 16.5. The molecule has 0 spiro atoms. The second-order valence-electron chi connectivity index (χ2n) is 8.16. The lowest BCUT2D eigenvalue weighted by Crippen LogP contribution is -2.31. The van der Waals surface area contributed by atoms with Gasteiger partial charge in [-0.25, -0.2) is 4.79 Å². The molecule has 0 radical (unpaired) electrons. The van der Waals surface area contributed by atoms with Crippen molar-refractivity contribution in [3.8, 4) is 5.75 Å². The molecule has 0 fully saturated rings. The first-order valence-corrected chi connectivity index (χ1v) is 11.3. The number of fused-ring (bicyclic) bond motifs is 1. The van der Waals surface area contributed by atoms with Crippen LogP contribution in [0.15, 0.2) is 64.2 Å². The molecule has 0 saturated carbocycles. The molecule has 3 N–H and O–H groups in total. The Bertz CT molecular complexity index is 1370. The maximum absolute atomic E-state index is 12.6. The lowest BCUT2D eigenvalue weighted by atomic mass is 10.1. The second kappa shape index (κ2) is 10.4. The number of benzene rings is 2. The monoisotopic (exact) mass is 463 g/mol. The zero-order valence-corrected chi connectivity index (χ0v) is 19.3. The number of H-pyrrole nitrogens is 1. The number of rotatable bonds is 10. The predicted molar refractivity (Wildman–Crippen MR) is 132 cm³/mol. The number of imidazole rings is 1. The van der Waals surface area contributed by atoms with Crippen molar-refractivity contribution >= 4 is 17.1 Å². The van der Waals surface area contributed by atoms with E-state index >= 15 is 0 Å². The number of hydrogen-bond donors (Lipinski definition) is 3. The van der Waals surface area contributed by atoms with Gasteiger partial charge >= 0.3 is 5.69 Å². The molecule has 4 aromatic rings. The van der Waals surface area contributed by atoms with Gasteiger partial charge in [0.2, 0.25) is 5.95 Å². The van der Waals surface area contributed by atoms with Crippen LogP contribution in [0.4, 0.5) is 5.95 Å². The number of aliphatic hydroxyl groups excluding tert-OH is 1. The quantitative estimate of drug-likeness (QED) is 0.332. The number of aromatic amines is 1. The van der Waals surface area contributed by atoms with Gasteiger partial charge in [0.15, 0.2) is 11.2 Å². The molecule has 4 rings (SSSR count). The Morgan fingerprint density at radius 2 is 1.88 bits per heavy atom. The van der Waals surface area contributed by atoms with Gasteiger partial charge in [-0.3, -0.25) is 14.3 Å². The molecule has 2 aromatic heterocycles. The van der Waals surface area contributed by atoms with E-state index in [4.69, 9.17) is 4.74 Å². The minimum atomic E-state index is -0.908. The van der Waals surface area contributed by atoms with Crippen molar-refractivity contribution in [2.75, 3.05) is 18.5 Å². The Morgan fingerprint density at radius 1 is 1.12 bits per heavy atom. The number of anilines is 1. The molecule has 0 aliphatic heterocycles. The largest absolute Gasteiger partial charge is 0.491 e. The lowest BCUT2D eigenvalue weighted by Gasteiger charge is -2.16. The highest BCUT2D eigenvalue weighted by Crippen LogP contribution is 2.18. The highest BCUT2D eigenvalue weighted by molar-refractivity contribution is 5.74. The summed E-state index contributed by atoms with van der Waals surface area (Å²) in [6.07, 6.45) is 0.730. The van der Waals surface area contributed by atoms with E-state index in [9.17, 15) is 14.7 Å². The van der Waals surface area contributed by atoms with E-state index < -0.39 is 17.4 Å². The van der Waals surface area contributed by atoms with Gasteiger partial charge in [0, 0.05) is 13.6 Å². The van der Waals surface area contributed by atoms with E-state index in [1.165, 1.54) is 4.57 Å². The summed E-state index contributed by atoms with van der Waals surface area (Å²) in [5.74, 6) is 1.08. The third kappa shape index (κ3) is 5.20. The third-order valence-corrected chi connectivity index (χ3v) is 5.69. The third-order valence-electron chi connectivity index (χ3n) is 5.69. The van der Waals surface area contributed by atoms with Crippen LogP contribution in [0.5, 0.6) is 5.75 Å². The van der Waals surface area contributed by atoms with Crippen LogP contribution in [0.25, 0.3) is 11.2 Å². The van der Waals surface area contributed by atoms with Crippen LogP contribution >= 0.6 is 0 Å². The van der Waals surface area contributed by atoms with E-state index in [0.717, 1.165) is 24.0 Å². The Kier molecular flexibility index (Phi) is 7.12. The first-order valence-electron chi connectivity index (χ1n) is 11.3. The van der Waals surface area contributed by atoms with Gasteiger partial charge in [-0.2, -0.15) is 4.98 Å². The van der Waals surface area contributed by atoms with Crippen LogP contribution in [0.1, 0.15) is 18.1 Å². The summed E-state index contributed by atoms with van der Waals surface area (Å²) in [6.45, 7) is 2.74. The van der Waals surface area contributed by atoms with Crippen molar-refractivity contribution in [3.63, 3.8) is 0 Å². The van der Waals surface area contributed by atoms with Crippen molar-refractivity contribution in [2.45, 2.75) is 32.4 Å². The normalized spacial score (nSPS) is 12.1. The Morgan fingerprint density at radius 3 is 2.65 bits per heavy atom. The van der Waals surface area contributed by atoms with Gasteiger partial charge in [-0.05, 0) is 36.1 Å². The van der Waals surface area contributed by atoms with Gasteiger partial charge in [-0.15, -0.1) is 0 Å². The highest BCUT2D eigenvalue weighted by Gasteiger charge is 2.20. The molecule has 0 amide bonds. The first kappa shape index (κ1) is 23.3. The van der Waals surface area contributed by atoms with E-state index in [1.807, 2.05) is 54.6 Å². The van der Waals surface area contributed by atoms with Gasteiger partial charge < -0.3 is 19.7 Å². The fraction of sp³-hybridized carbons (Fsp3) is 0.320. The van der Waals surface area contributed by atoms with Gasteiger partial charge in [0.05, 0.1) is 6.54 Å². The Labute approximate surface area is 196 Å². The van der Waals surface area contributed by atoms with Crippen LogP contribution in [-0.2, 0) is 26.4 Å². The minimum Gasteiger partial charge on any atom is -0.491 e. The van der Waals surface area contributed by atoms with E-state index in [2.05, 4.69) is 22.2 Å². The number of aryl methyl sites for hydroxylation is 2. The average molecular weight is 464 g/mol. The van der Waals surface area contributed by atoms with Crippen LogP contribution in [0.2, 0.25) is 0 Å². The fourth-order valence-electron chi connectivity index (χ4n) is 3.82. The first-order chi connectivity index (χ1) is 16.5. The molecule has 0 aliphatic carbocycles. The van der Waals surface area contributed by atoms with Crippen LogP contribution in [-0.4, -0.2) is 43.5 Å². The number of aromatic nitrogens is 4. The summed E-state index contributed by atoms with van der Waals surface area (Å²) < 4.78 is 8.67. The maximum atomic E-state index is 12.6. The molecule has 178 valence electrons. The molecule has 1 atom stereocenters. The molecule has 0 bridgehead atoms. The van der Waals surface area contributed by atoms with E-state index in [0.29, 0.717) is 18.2 Å². The van der Waals surface area contributed by atoms with Gasteiger partial charge in [0.25, 0.3) is 5.56 Å². The van der Waals surface area contributed by atoms with Crippen molar-refractivity contribution in [1.29, 1.82) is 0 Å². The number of nitrogens with one attached hydrogen (secondary N) is 2. The SMILES string of the molecule is CCc1cccc(OCC(O)Cn2c(NCCc3ccccc3)nc3c2c(=O)[nH]c(=O)n3C)c1. The zero-order valence-electron chi connectivity index (χ0n) is 19.3. The lowest BCUT2D eigenvalue weighted by molar-refractivity contribution is 0.0938. The Balaban J connectivity index is 1.56. The summed E-state index contributed by atoms with van der Waals surface area (Å²) in [4.78, 5) is 31.5. The van der Waals surface area contributed by atoms with Gasteiger partial charge in [-0.1, -0.05) is 49.4 Å². The molecule has 9 heteroatoms. The number of ether oxygens (including phenoxy) is 1.